The minimum Gasteiger partial charge on any atom is -0.457 e. The van der Waals surface area contributed by atoms with Crippen LogP contribution in [0.25, 0.3) is 11.4 Å². The van der Waals surface area contributed by atoms with Crippen molar-refractivity contribution in [2.45, 2.75) is 18.1 Å². The summed E-state index contributed by atoms with van der Waals surface area (Å²) in [6.45, 7) is -0.822. The van der Waals surface area contributed by atoms with E-state index in [1.54, 1.807) is 42.7 Å². The van der Waals surface area contributed by atoms with Crippen molar-refractivity contribution in [1.29, 1.82) is 0 Å². The van der Waals surface area contributed by atoms with Crippen molar-refractivity contribution in [2.75, 3.05) is 13.2 Å². The summed E-state index contributed by atoms with van der Waals surface area (Å²) in [5, 5.41) is 28.8. The second-order valence-corrected chi connectivity index (χ2v) is 6.67. The van der Waals surface area contributed by atoms with E-state index in [1.165, 1.54) is 0 Å². The van der Waals surface area contributed by atoms with Gasteiger partial charge >= 0.3 is 0 Å². The minimum absolute atomic E-state index is 0.0449. The lowest BCUT2D eigenvalue weighted by atomic mass is 9.92. The number of hydrogen-bond acceptors (Lipinski definition) is 7. The van der Waals surface area contributed by atoms with Crippen molar-refractivity contribution in [3.63, 3.8) is 0 Å². The van der Waals surface area contributed by atoms with Crippen molar-refractivity contribution in [2.24, 2.45) is 5.73 Å². The Hall–Kier alpha value is -2.84. The fourth-order valence-corrected chi connectivity index (χ4v) is 2.70. The molecule has 1 unspecified atom stereocenters. The summed E-state index contributed by atoms with van der Waals surface area (Å²) in [7, 11) is 0. The second-order valence-electron chi connectivity index (χ2n) is 6.67. The number of hydrogen-bond donors (Lipinski definition) is 4. The highest BCUT2D eigenvalue weighted by atomic mass is 16.5. The number of ether oxygens (including phenoxy) is 1. The van der Waals surface area contributed by atoms with Gasteiger partial charge in [-0.15, -0.1) is 0 Å². The summed E-state index contributed by atoms with van der Waals surface area (Å²) < 4.78 is 5.82. The monoisotopic (exact) mass is 381 g/mol. The van der Waals surface area contributed by atoms with E-state index in [-0.39, 0.29) is 6.42 Å². The van der Waals surface area contributed by atoms with Gasteiger partial charge in [0.1, 0.15) is 11.5 Å². The number of rotatable bonds is 8. The Balaban J connectivity index is 1.64. The molecule has 7 nitrogen and oxygen atoms in total. The molecule has 1 atom stereocenters. The summed E-state index contributed by atoms with van der Waals surface area (Å²) in [5.41, 5.74) is 6.12. The minimum atomic E-state index is -1.22. The van der Waals surface area contributed by atoms with Gasteiger partial charge in [0.2, 0.25) is 0 Å². The number of aliphatic hydroxyl groups excluding tert-OH is 3. The first-order valence-electron chi connectivity index (χ1n) is 8.87. The zero-order valence-electron chi connectivity index (χ0n) is 15.3. The number of aromatic nitrogens is 2. The van der Waals surface area contributed by atoms with Gasteiger partial charge in [-0.1, -0.05) is 12.1 Å². The average Bonchev–Trinajstić information content (AvgIpc) is 2.75. The van der Waals surface area contributed by atoms with E-state index in [2.05, 4.69) is 9.97 Å². The first kappa shape index (κ1) is 19.9. The van der Waals surface area contributed by atoms with Crippen LogP contribution in [-0.2, 0) is 0 Å². The molecule has 0 aliphatic carbocycles. The van der Waals surface area contributed by atoms with E-state index in [0.29, 0.717) is 22.9 Å². The molecule has 2 aromatic carbocycles. The van der Waals surface area contributed by atoms with E-state index >= 15 is 0 Å². The van der Waals surface area contributed by atoms with Gasteiger partial charge in [-0.2, -0.15) is 0 Å². The molecule has 146 valence electrons. The first-order chi connectivity index (χ1) is 13.5. The van der Waals surface area contributed by atoms with Crippen LogP contribution < -0.4 is 10.5 Å². The predicted octanol–water partition coefficient (Wildman–Crippen LogP) is 2.04. The highest BCUT2D eigenvalue weighted by Crippen LogP contribution is 2.27. The van der Waals surface area contributed by atoms with Crippen molar-refractivity contribution >= 4 is 0 Å². The van der Waals surface area contributed by atoms with Gasteiger partial charge in [0, 0.05) is 18.0 Å². The third-order valence-electron chi connectivity index (χ3n) is 4.41. The topological polar surface area (TPSA) is 122 Å². The molecule has 0 amide bonds. The lowest BCUT2D eigenvalue weighted by Crippen LogP contribution is -2.48. The smallest absolute Gasteiger partial charge is 0.159 e. The molecule has 7 heteroatoms. The fraction of sp³-hybridized carbons (Fsp3) is 0.238. The Morgan fingerprint density at radius 1 is 0.893 bits per heavy atom. The van der Waals surface area contributed by atoms with Crippen LogP contribution in [0.4, 0.5) is 0 Å². The highest BCUT2D eigenvalue weighted by molar-refractivity contribution is 5.56. The molecule has 0 saturated carbocycles. The molecular formula is C21H23N3O4. The van der Waals surface area contributed by atoms with Gasteiger partial charge in [-0.05, 0) is 54.4 Å². The van der Waals surface area contributed by atoms with Gasteiger partial charge < -0.3 is 25.8 Å². The lowest BCUT2D eigenvalue weighted by Gasteiger charge is -2.27. The van der Waals surface area contributed by atoms with Gasteiger partial charge in [-0.3, -0.25) is 0 Å². The molecule has 1 heterocycles. The average molecular weight is 381 g/mol. The summed E-state index contributed by atoms with van der Waals surface area (Å²) in [4.78, 5) is 8.42. The molecule has 0 fully saturated rings. The van der Waals surface area contributed by atoms with Crippen LogP contribution in [0.1, 0.15) is 18.1 Å². The summed E-state index contributed by atoms with van der Waals surface area (Å²) in [6, 6.07) is 16.1. The van der Waals surface area contributed by atoms with Crippen LogP contribution in [0, 0.1) is 0 Å². The fourth-order valence-electron chi connectivity index (χ4n) is 2.70. The molecule has 28 heavy (non-hydrogen) atoms. The van der Waals surface area contributed by atoms with E-state index in [0.717, 1.165) is 5.56 Å². The SMILES string of the molecule is NC(CO)(CO)CC(O)c1ccc(Oc2ccc(-c3ncccn3)cc2)cc1. The van der Waals surface area contributed by atoms with E-state index < -0.39 is 24.9 Å². The van der Waals surface area contributed by atoms with Crippen LogP contribution in [-0.4, -0.2) is 44.0 Å². The zero-order valence-corrected chi connectivity index (χ0v) is 15.3. The molecule has 5 N–H and O–H groups in total. The highest BCUT2D eigenvalue weighted by Gasteiger charge is 2.27. The largest absolute Gasteiger partial charge is 0.457 e. The number of aliphatic hydroxyl groups is 3. The second kappa shape index (κ2) is 8.90. The summed E-state index contributed by atoms with van der Waals surface area (Å²) in [6.07, 6.45) is 2.53. The van der Waals surface area contributed by atoms with Crippen LogP contribution in [0.2, 0.25) is 0 Å². The van der Waals surface area contributed by atoms with Gasteiger partial charge in [0.05, 0.1) is 24.9 Å². The Labute approximate surface area is 163 Å². The normalized spacial score (nSPS) is 12.6. The number of benzene rings is 2. The third-order valence-corrected chi connectivity index (χ3v) is 4.41. The molecule has 0 aliphatic rings. The maximum Gasteiger partial charge on any atom is 0.159 e. The lowest BCUT2D eigenvalue weighted by molar-refractivity contribution is 0.0618. The van der Waals surface area contributed by atoms with Crippen molar-refractivity contribution < 1.29 is 20.1 Å². The standard InChI is InChI=1S/C21H23N3O4/c22-21(13-25,14-26)12-19(27)15-2-6-17(7-3-15)28-18-8-4-16(5-9-18)20-23-10-1-11-24-20/h1-11,19,25-27H,12-14,22H2. The quantitative estimate of drug-likeness (QED) is 0.471. The number of nitrogens with zero attached hydrogens (tertiary/aromatic N) is 2. The molecule has 0 radical (unpaired) electrons. The Kier molecular flexibility index (Phi) is 6.33. The molecule has 0 saturated heterocycles. The predicted molar refractivity (Wildman–Crippen MR) is 105 cm³/mol. The van der Waals surface area contributed by atoms with Crippen LogP contribution >= 0.6 is 0 Å². The van der Waals surface area contributed by atoms with E-state index in [9.17, 15) is 15.3 Å². The third kappa shape index (κ3) is 4.90. The Morgan fingerprint density at radius 3 is 1.96 bits per heavy atom. The van der Waals surface area contributed by atoms with Crippen molar-refractivity contribution in [3.8, 4) is 22.9 Å². The molecular weight excluding hydrogens is 358 g/mol. The van der Waals surface area contributed by atoms with Gasteiger partial charge in [0.25, 0.3) is 0 Å². The maximum absolute atomic E-state index is 10.3. The van der Waals surface area contributed by atoms with E-state index in [4.69, 9.17) is 10.5 Å². The van der Waals surface area contributed by atoms with Crippen molar-refractivity contribution in [3.05, 3.63) is 72.6 Å². The van der Waals surface area contributed by atoms with Crippen LogP contribution in [0.15, 0.2) is 67.0 Å². The molecule has 3 aromatic rings. The van der Waals surface area contributed by atoms with Crippen LogP contribution in [0.5, 0.6) is 11.5 Å². The Bertz CT molecular complexity index is 866. The zero-order chi connectivity index (χ0) is 20.0. The van der Waals surface area contributed by atoms with E-state index in [1.807, 2.05) is 24.3 Å². The van der Waals surface area contributed by atoms with Gasteiger partial charge in [-0.25, -0.2) is 9.97 Å². The molecule has 0 bridgehead atoms. The van der Waals surface area contributed by atoms with Gasteiger partial charge in [0.15, 0.2) is 5.82 Å². The summed E-state index contributed by atoms with van der Waals surface area (Å²) >= 11 is 0. The molecule has 3 rings (SSSR count). The van der Waals surface area contributed by atoms with Crippen LogP contribution in [0.3, 0.4) is 0 Å². The molecule has 0 spiro atoms. The first-order valence-corrected chi connectivity index (χ1v) is 8.87. The summed E-state index contributed by atoms with van der Waals surface area (Å²) in [5.74, 6) is 1.92. The van der Waals surface area contributed by atoms with Crippen molar-refractivity contribution in [1.82, 2.24) is 9.97 Å². The Morgan fingerprint density at radius 2 is 1.43 bits per heavy atom. The molecule has 0 aliphatic heterocycles. The number of nitrogens with two attached hydrogens (primary N) is 1. The maximum atomic E-state index is 10.3. The molecule has 1 aromatic heterocycles.